The van der Waals surface area contributed by atoms with Gasteiger partial charge in [0, 0.05) is 17.4 Å². The van der Waals surface area contributed by atoms with E-state index in [0.29, 0.717) is 29.0 Å². The van der Waals surface area contributed by atoms with E-state index >= 15 is 0 Å². The number of urea groups is 1. The molecular formula is C12H12BrN5O3. The smallest absolute Gasteiger partial charge is 0.335 e. The fourth-order valence-electron chi connectivity index (χ4n) is 1.57. The van der Waals surface area contributed by atoms with Crippen LogP contribution in [-0.2, 0) is 6.42 Å². The highest BCUT2D eigenvalue weighted by atomic mass is 79.9. The molecular weight excluding hydrogens is 342 g/mol. The lowest BCUT2D eigenvalue weighted by Crippen LogP contribution is -2.30. The molecule has 0 aliphatic rings. The predicted octanol–water partition coefficient (Wildman–Crippen LogP) is 1.63. The molecule has 0 bridgehead atoms. The van der Waals surface area contributed by atoms with Crippen molar-refractivity contribution in [3.8, 4) is 0 Å². The van der Waals surface area contributed by atoms with Crippen molar-refractivity contribution in [3.05, 3.63) is 40.4 Å². The van der Waals surface area contributed by atoms with E-state index in [1.165, 1.54) is 18.5 Å². The molecule has 0 saturated carbocycles. The van der Waals surface area contributed by atoms with Crippen molar-refractivity contribution >= 4 is 33.6 Å². The third-order valence-corrected chi connectivity index (χ3v) is 3.27. The first-order chi connectivity index (χ1) is 10.1. The van der Waals surface area contributed by atoms with Gasteiger partial charge in [-0.15, -0.1) is 0 Å². The second-order valence-electron chi connectivity index (χ2n) is 4.06. The third-order valence-electron chi connectivity index (χ3n) is 2.57. The summed E-state index contributed by atoms with van der Waals surface area (Å²) in [5, 5.41) is 20.5. The van der Waals surface area contributed by atoms with Crippen molar-refractivity contribution < 1.29 is 14.7 Å². The van der Waals surface area contributed by atoms with Crippen LogP contribution >= 0.6 is 15.9 Å². The Balaban J connectivity index is 1.90. The number of carbonyl (C=O) groups is 2. The molecule has 9 heteroatoms. The summed E-state index contributed by atoms with van der Waals surface area (Å²) in [5.74, 6) is -0.388. The van der Waals surface area contributed by atoms with E-state index in [-0.39, 0.29) is 5.56 Å². The molecule has 1 aromatic carbocycles. The third kappa shape index (κ3) is 4.28. The second-order valence-corrected chi connectivity index (χ2v) is 4.92. The highest BCUT2D eigenvalue weighted by Gasteiger charge is 2.09. The molecule has 0 fully saturated rings. The molecule has 0 radical (unpaired) electrons. The first-order valence-corrected chi connectivity index (χ1v) is 6.77. The van der Waals surface area contributed by atoms with E-state index in [1.54, 1.807) is 6.07 Å². The Labute approximate surface area is 128 Å². The van der Waals surface area contributed by atoms with E-state index in [9.17, 15) is 9.59 Å². The van der Waals surface area contributed by atoms with Crippen molar-refractivity contribution in [3.63, 3.8) is 0 Å². The Bertz CT molecular complexity index is 644. The number of nitrogens with one attached hydrogen (secondary N) is 3. The highest BCUT2D eigenvalue weighted by molar-refractivity contribution is 9.10. The Morgan fingerprint density at radius 2 is 2.19 bits per heavy atom. The van der Waals surface area contributed by atoms with Gasteiger partial charge in [0.25, 0.3) is 0 Å². The van der Waals surface area contributed by atoms with Crippen molar-refractivity contribution in [2.24, 2.45) is 0 Å². The van der Waals surface area contributed by atoms with Gasteiger partial charge in [0.05, 0.1) is 11.3 Å². The van der Waals surface area contributed by atoms with Crippen LogP contribution in [0.4, 0.5) is 10.5 Å². The van der Waals surface area contributed by atoms with Crippen LogP contribution in [0.3, 0.4) is 0 Å². The zero-order valence-electron chi connectivity index (χ0n) is 10.8. The van der Waals surface area contributed by atoms with Gasteiger partial charge in [0.2, 0.25) is 0 Å². The van der Waals surface area contributed by atoms with Crippen LogP contribution in [0.1, 0.15) is 16.2 Å². The molecule has 2 amide bonds. The predicted molar refractivity (Wildman–Crippen MR) is 78.2 cm³/mol. The fourth-order valence-corrected chi connectivity index (χ4v) is 1.91. The molecule has 0 aliphatic carbocycles. The maximum atomic E-state index is 11.7. The number of aromatic carboxylic acids is 1. The number of amides is 2. The van der Waals surface area contributed by atoms with Gasteiger partial charge in [0.1, 0.15) is 12.2 Å². The Morgan fingerprint density at radius 1 is 1.38 bits per heavy atom. The van der Waals surface area contributed by atoms with E-state index < -0.39 is 12.0 Å². The first-order valence-electron chi connectivity index (χ1n) is 5.98. The van der Waals surface area contributed by atoms with Gasteiger partial charge in [-0.05, 0) is 34.1 Å². The molecule has 0 spiro atoms. The average Bonchev–Trinajstić information content (AvgIpc) is 2.94. The van der Waals surface area contributed by atoms with Crippen LogP contribution in [-0.4, -0.2) is 38.8 Å². The summed E-state index contributed by atoms with van der Waals surface area (Å²) < 4.78 is 0.595. The van der Waals surface area contributed by atoms with E-state index in [2.05, 4.69) is 41.7 Å². The number of anilines is 1. The first kappa shape index (κ1) is 15.0. The molecule has 0 saturated heterocycles. The van der Waals surface area contributed by atoms with Crippen molar-refractivity contribution in [1.82, 2.24) is 20.5 Å². The van der Waals surface area contributed by atoms with E-state index in [4.69, 9.17) is 5.11 Å². The Kier molecular flexibility index (Phi) is 4.88. The zero-order chi connectivity index (χ0) is 15.2. The summed E-state index contributed by atoms with van der Waals surface area (Å²) in [6, 6.07) is 3.95. The molecule has 0 aliphatic heterocycles. The van der Waals surface area contributed by atoms with Gasteiger partial charge in [-0.3, -0.25) is 5.10 Å². The number of carboxylic acids is 1. The largest absolute Gasteiger partial charge is 0.478 e. The van der Waals surface area contributed by atoms with Crippen molar-refractivity contribution in [1.29, 1.82) is 0 Å². The van der Waals surface area contributed by atoms with E-state index in [1.807, 2.05) is 0 Å². The van der Waals surface area contributed by atoms with Crippen LogP contribution in [0.2, 0.25) is 0 Å². The molecule has 2 rings (SSSR count). The van der Waals surface area contributed by atoms with Crippen LogP contribution < -0.4 is 10.6 Å². The normalized spacial score (nSPS) is 10.1. The highest BCUT2D eigenvalue weighted by Crippen LogP contribution is 2.23. The molecule has 0 unspecified atom stereocenters. The lowest BCUT2D eigenvalue weighted by molar-refractivity contribution is 0.0697. The summed E-state index contributed by atoms with van der Waals surface area (Å²) >= 11 is 3.25. The minimum atomic E-state index is -1.06. The maximum Gasteiger partial charge on any atom is 0.335 e. The van der Waals surface area contributed by atoms with Gasteiger partial charge in [0.15, 0.2) is 0 Å². The molecule has 2 aromatic rings. The number of carboxylic acid groups (broad SMARTS) is 1. The molecule has 0 atom stereocenters. The van der Waals surface area contributed by atoms with Crippen LogP contribution in [0.5, 0.6) is 0 Å². The lowest BCUT2D eigenvalue weighted by Gasteiger charge is -2.09. The maximum absolute atomic E-state index is 11.7. The SMILES string of the molecule is O=C(NCCc1ncn[nH]1)Nc1cc(C(=O)O)ccc1Br. The number of carbonyl (C=O) groups excluding carboxylic acids is 1. The van der Waals surface area contributed by atoms with Gasteiger partial charge in [-0.25, -0.2) is 14.6 Å². The second kappa shape index (κ2) is 6.84. The summed E-state index contributed by atoms with van der Waals surface area (Å²) in [4.78, 5) is 26.6. The number of nitrogens with zero attached hydrogens (tertiary/aromatic N) is 2. The molecule has 1 aromatic heterocycles. The number of aromatic nitrogens is 3. The van der Waals surface area contributed by atoms with Gasteiger partial charge in [-0.1, -0.05) is 0 Å². The quantitative estimate of drug-likeness (QED) is 0.651. The summed E-state index contributed by atoms with van der Waals surface area (Å²) in [5.41, 5.74) is 0.474. The standard InChI is InChI=1S/C12H12BrN5O3/c13-8-2-1-7(11(19)20)5-9(8)17-12(21)14-4-3-10-15-6-16-18-10/h1-2,5-6H,3-4H2,(H,19,20)(H2,14,17,21)(H,15,16,18). The number of H-pyrrole nitrogens is 1. The molecule has 1 heterocycles. The average molecular weight is 354 g/mol. The number of hydrogen-bond acceptors (Lipinski definition) is 4. The number of hydrogen-bond donors (Lipinski definition) is 4. The minimum absolute atomic E-state index is 0.0927. The lowest BCUT2D eigenvalue weighted by atomic mass is 10.2. The zero-order valence-corrected chi connectivity index (χ0v) is 12.3. The van der Waals surface area contributed by atoms with Gasteiger partial charge in [-0.2, -0.15) is 5.10 Å². The van der Waals surface area contributed by atoms with Gasteiger partial charge < -0.3 is 15.7 Å². The number of aromatic amines is 1. The minimum Gasteiger partial charge on any atom is -0.478 e. The topological polar surface area (TPSA) is 120 Å². The van der Waals surface area contributed by atoms with Crippen molar-refractivity contribution in [2.75, 3.05) is 11.9 Å². The monoisotopic (exact) mass is 353 g/mol. The number of benzene rings is 1. The van der Waals surface area contributed by atoms with E-state index in [0.717, 1.165) is 0 Å². The van der Waals surface area contributed by atoms with Crippen molar-refractivity contribution in [2.45, 2.75) is 6.42 Å². The molecule has 4 N–H and O–H groups in total. The van der Waals surface area contributed by atoms with Crippen LogP contribution in [0.15, 0.2) is 29.0 Å². The number of halogens is 1. The molecule has 8 nitrogen and oxygen atoms in total. The summed E-state index contributed by atoms with van der Waals surface area (Å²) in [7, 11) is 0. The Hall–Kier alpha value is -2.42. The fraction of sp³-hybridized carbons (Fsp3) is 0.167. The Morgan fingerprint density at radius 3 is 2.86 bits per heavy atom. The van der Waals surface area contributed by atoms with Crippen LogP contribution in [0.25, 0.3) is 0 Å². The van der Waals surface area contributed by atoms with Gasteiger partial charge >= 0.3 is 12.0 Å². The molecule has 21 heavy (non-hydrogen) atoms. The molecule has 110 valence electrons. The summed E-state index contributed by atoms with van der Waals surface area (Å²) in [6.07, 6.45) is 1.91. The number of rotatable bonds is 5. The summed E-state index contributed by atoms with van der Waals surface area (Å²) in [6.45, 7) is 0.372. The van der Waals surface area contributed by atoms with Crippen LogP contribution in [0, 0.1) is 0 Å².